The van der Waals surface area contributed by atoms with Crippen LogP contribution in [0.3, 0.4) is 0 Å². The summed E-state index contributed by atoms with van der Waals surface area (Å²) in [6.45, 7) is 3.59. The molecule has 0 saturated carbocycles. The molecule has 1 aliphatic heterocycles. The number of alkyl halides is 3. The van der Waals surface area contributed by atoms with Crippen LogP contribution >= 0.6 is 0 Å². The molecule has 1 heterocycles. The molecule has 1 aromatic carbocycles. The first kappa shape index (κ1) is 16.2. The fraction of sp³-hybridized carbons (Fsp3) is 0.600. The SMILES string of the molecule is CC(O)C1CCN(Cc2ccc(F)c(C(F)(F)F)c2)CC1. The Morgan fingerprint density at radius 3 is 2.43 bits per heavy atom. The molecule has 1 atom stereocenters. The average Bonchev–Trinajstić information content (AvgIpc) is 2.40. The van der Waals surface area contributed by atoms with Crippen molar-refractivity contribution in [3.8, 4) is 0 Å². The van der Waals surface area contributed by atoms with Crippen molar-refractivity contribution in [1.82, 2.24) is 4.90 Å². The number of benzene rings is 1. The summed E-state index contributed by atoms with van der Waals surface area (Å²) in [5, 5.41) is 9.52. The van der Waals surface area contributed by atoms with E-state index in [1.807, 2.05) is 4.90 Å². The van der Waals surface area contributed by atoms with Crippen LogP contribution in [0.15, 0.2) is 18.2 Å². The van der Waals surface area contributed by atoms with Crippen LogP contribution in [0.4, 0.5) is 17.6 Å². The Balaban J connectivity index is 2.01. The third-order valence-corrected chi connectivity index (χ3v) is 4.06. The molecule has 6 heteroatoms. The molecule has 21 heavy (non-hydrogen) atoms. The van der Waals surface area contributed by atoms with Crippen molar-refractivity contribution in [1.29, 1.82) is 0 Å². The molecular weight excluding hydrogens is 286 g/mol. The van der Waals surface area contributed by atoms with Gasteiger partial charge in [0.1, 0.15) is 5.82 Å². The number of aliphatic hydroxyl groups excluding tert-OH is 1. The van der Waals surface area contributed by atoms with Crippen LogP contribution in [0.5, 0.6) is 0 Å². The summed E-state index contributed by atoms with van der Waals surface area (Å²) in [6, 6.07) is 3.15. The summed E-state index contributed by atoms with van der Waals surface area (Å²) in [5.41, 5.74) is -0.752. The summed E-state index contributed by atoms with van der Waals surface area (Å²) >= 11 is 0. The number of hydrogen-bond donors (Lipinski definition) is 1. The largest absolute Gasteiger partial charge is 0.419 e. The molecule has 1 aliphatic rings. The van der Waals surface area contributed by atoms with Crippen LogP contribution < -0.4 is 0 Å². The highest BCUT2D eigenvalue weighted by Crippen LogP contribution is 2.32. The molecule has 2 nitrogen and oxygen atoms in total. The maximum absolute atomic E-state index is 13.2. The molecule has 0 radical (unpaired) electrons. The van der Waals surface area contributed by atoms with Gasteiger partial charge in [-0.1, -0.05) is 6.07 Å². The van der Waals surface area contributed by atoms with Gasteiger partial charge in [-0.25, -0.2) is 4.39 Å². The van der Waals surface area contributed by atoms with Gasteiger partial charge in [0.15, 0.2) is 0 Å². The molecule has 1 saturated heterocycles. The van der Waals surface area contributed by atoms with Crippen molar-refractivity contribution in [2.24, 2.45) is 5.92 Å². The Labute approximate surface area is 121 Å². The van der Waals surface area contributed by atoms with Gasteiger partial charge in [0, 0.05) is 6.54 Å². The Kier molecular flexibility index (Phi) is 4.88. The molecule has 1 N–H and O–H groups in total. The number of piperidine rings is 1. The van der Waals surface area contributed by atoms with Gasteiger partial charge in [-0.05, 0) is 56.5 Å². The zero-order chi connectivity index (χ0) is 15.6. The second-order valence-corrected chi connectivity index (χ2v) is 5.67. The highest BCUT2D eigenvalue weighted by Gasteiger charge is 2.34. The molecule has 1 aromatic rings. The van der Waals surface area contributed by atoms with Crippen molar-refractivity contribution in [2.45, 2.75) is 38.6 Å². The van der Waals surface area contributed by atoms with Crippen LogP contribution in [-0.4, -0.2) is 29.2 Å². The molecule has 0 aliphatic carbocycles. The quantitative estimate of drug-likeness (QED) is 0.865. The van der Waals surface area contributed by atoms with Gasteiger partial charge < -0.3 is 5.11 Å². The molecule has 0 aromatic heterocycles. The first-order chi connectivity index (χ1) is 9.77. The standard InChI is InChI=1S/C15H19F4NO/c1-10(21)12-4-6-20(7-5-12)9-11-2-3-14(16)13(8-11)15(17,18)19/h2-3,8,10,12,21H,4-7,9H2,1H3. The van der Waals surface area contributed by atoms with Gasteiger partial charge in [0.05, 0.1) is 11.7 Å². The molecule has 0 spiro atoms. The lowest BCUT2D eigenvalue weighted by atomic mass is 9.92. The number of aliphatic hydroxyl groups is 1. The highest BCUT2D eigenvalue weighted by molar-refractivity contribution is 5.27. The van der Waals surface area contributed by atoms with Crippen molar-refractivity contribution in [3.63, 3.8) is 0 Å². The summed E-state index contributed by atoms with van der Waals surface area (Å²) in [7, 11) is 0. The van der Waals surface area contributed by atoms with E-state index in [4.69, 9.17) is 0 Å². The van der Waals surface area contributed by atoms with Crippen LogP contribution in [0.2, 0.25) is 0 Å². The third kappa shape index (κ3) is 4.17. The molecule has 1 fully saturated rings. The van der Waals surface area contributed by atoms with E-state index in [1.165, 1.54) is 6.07 Å². The fourth-order valence-corrected chi connectivity index (χ4v) is 2.74. The Hall–Kier alpha value is -1.14. The van der Waals surface area contributed by atoms with E-state index >= 15 is 0 Å². The van der Waals surface area contributed by atoms with Crippen LogP contribution in [-0.2, 0) is 12.7 Å². The minimum atomic E-state index is -4.67. The fourth-order valence-electron chi connectivity index (χ4n) is 2.74. The number of hydrogen-bond acceptors (Lipinski definition) is 2. The van der Waals surface area contributed by atoms with Crippen molar-refractivity contribution < 1.29 is 22.7 Å². The molecule has 0 bridgehead atoms. The van der Waals surface area contributed by atoms with Crippen LogP contribution in [0, 0.1) is 11.7 Å². The number of halogens is 4. The number of likely N-dealkylation sites (tertiary alicyclic amines) is 1. The molecule has 1 unspecified atom stereocenters. The predicted molar refractivity (Wildman–Crippen MR) is 71.1 cm³/mol. The molecule has 0 amide bonds. The molecular formula is C15H19F4NO. The van der Waals surface area contributed by atoms with Gasteiger partial charge in [0.2, 0.25) is 0 Å². The average molecular weight is 305 g/mol. The Morgan fingerprint density at radius 1 is 1.29 bits per heavy atom. The Bertz CT molecular complexity index is 479. The monoisotopic (exact) mass is 305 g/mol. The summed E-state index contributed by atoms with van der Waals surface area (Å²) in [6.07, 6.45) is -3.37. The zero-order valence-corrected chi connectivity index (χ0v) is 11.8. The van der Waals surface area contributed by atoms with Gasteiger partial charge in [-0.3, -0.25) is 4.90 Å². The minimum absolute atomic E-state index is 0.250. The van der Waals surface area contributed by atoms with Gasteiger partial charge in [-0.15, -0.1) is 0 Å². The minimum Gasteiger partial charge on any atom is -0.393 e. The summed E-state index contributed by atoms with van der Waals surface area (Å²) in [5.74, 6) is -0.987. The lowest BCUT2D eigenvalue weighted by Crippen LogP contribution is -2.36. The first-order valence-corrected chi connectivity index (χ1v) is 7.03. The Morgan fingerprint density at radius 2 is 1.90 bits per heavy atom. The van der Waals surface area contributed by atoms with E-state index in [0.717, 1.165) is 38.1 Å². The zero-order valence-electron chi connectivity index (χ0n) is 11.8. The van der Waals surface area contributed by atoms with Crippen LogP contribution in [0.1, 0.15) is 30.9 Å². The van der Waals surface area contributed by atoms with Gasteiger partial charge in [-0.2, -0.15) is 13.2 Å². The lowest BCUT2D eigenvalue weighted by molar-refractivity contribution is -0.140. The van der Waals surface area contributed by atoms with Gasteiger partial charge >= 0.3 is 6.18 Å². The van der Waals surface area contributed by atoms with Crippen molar-refractivity contribution in [2.75, 3.05) is 13.1 Å². The number of nitrogens with zero attached hydrogens (tertiary/aromatic N) is 1. The first-order valence-electron chi connectivity index (χ1n) is 7.03. The second-order valence-electron chi connectivity index (χ2n) is 5.67. The van der Waals surface area contributed by atoms with E-state index in [0.29, 0.717) is 12.1 Å². The van der Waals surface area contributed by atoms with Gasteiger partial charge in [0.25, 0.3) is 0 Å². The second kappa shape index (κ2) is 6.32. The van der Waals surface area contributed by atoms with Crippen molar-refractivity contribution >= 4 is 0 Å². The lowest BCUT2D eigenvalue weighted by Gasteiger charge is -2.33. The normalized spacial score (nSPS) is 19.7. The van der Waals surface area contributed by atoms with E-state index in [9.17, 15) is 22.7 Å². The summed E-state index contributed by atoms with van der Waals surface area (Å²) in [4.78, 5) is 2.03. The molecule has 118 valence electrons. The topological polar surface area (TPSA) is 23.5 Å². The smallest absolute Gasteiger partial charge is 0.393 e. The van der Waals surface area contributed by atoms with E-state index in [1.54, 1.807) is 6.92 Å². The van der Waals surface area contributed by atoms with E-state index in [-0.39, 0.29) is 12.0 Å². The van der Waals surface area contributed by atoms with E-state index in [2.05, 4.69) is 0 Å². The summed E-state index contributed by atoms with van der Waals surface area (Å²) < 4.78 is 51.2. The van der Waals surface area contributed by atoms with Crippen LogP contribution in [0.25, 0.3) is 0 Å². The van der Waals surface area contributed by atoms with E-state index < -0.39 is 17.6 Å². The van der Waals surface area contributed by atoms with Crippen molar-refractivity contribution in [3.05, 3.63) is 35.1 Å². The number of rotatable bonds is 3. The maximum atomic E-state index is 13.2. The third-order valence-electron chi connectivity index (χ3n) is 4.06. The highest BCUT2D eigenvalue weighted by atomic mass is 19.4. The molecule has 2 rings (SSSR count). The maximum Gasteiger partial charge on any atom is 0.419 e. The predicted octanol–water partition coefficient (Wildman–Crippen LogP) is 3.44.